The lowest BCUT2D eigenvalue weighted by Gasteiger charge is -2.43. The molecular weight excluding hydrogens is 252 g/mol. The molecule has 1 aliphatic rings. The summed E-state index contributed by atoms with van der Waals surface area (Å²) in [5.74, 6) is 0.193. The number of aromatic nitrogens is 2. The Bertz CT molecular complexity index is 500. The fourth-order valence-electron chi connectivity index (χ4n) is 3.08. The van der Waals surface area contributed by atoms with E-state index in [1.165, 1.54) is 0 Å². The van der Waals surface area contributed by atoms with Crippen LogP contribution in [0.4, 0.5) is 0 Å². The third kappa shape index (κ3) is 2.59. The molecule has 0 aromatic carbocycles. The van der Waals surface area contributed by atoms with Gasteiger partial charge in [-0.3, -0.25) is 9.48 Å². The van der Waals surface area contributed by atoms with E-state index in [9.17, 15) is 4.79 Å². The number of aryl methyl sites for hydroxylation is 1. The topological polar surface area (TPSA) is 64.2 Å². The fraction of sp³-hybridized carbons (Fsp3) is 0.733. The van der Waals surface area contributed by atoms with Crippen molar-refractivity contribution in [3.05, 3.63) is 17.5 Å². The third-order valence-corrected chi connectivity index (χ3v) is 4.20. The number of likely N-dealkylation sites (tertiary alicyclic amines) is 1. The second kappa shape index (κ2) is 5.20. The summed E-state index contributed by atoms with van der Waals surface area (Å²) < 4.78 is 1.85. The summed E-state index contributed by atoms with van der Waals surface area (Å²) in [4.78, 5) is 14.5. The summed E-state index contributed by atoms with van der Waals surface area (Å²) in [6, 6.07) is -0.123. The van der Waals surface area contributed by atoms with Gasteiger partial charge in [-0.15, -0.1) is 0 Å². The molecule has 1 fully saturated rings. The first-order valence-corrected chi connectivity index (χ1v) is 7.29. The van der Waals surface area contributed by atoms with Gasteiger partial charge in [-0.05, 0) is 40.5 Å². The van der Waals surface area contributed by atoms with Crippen molar-refractivity contribution in [1.82, 2.24) is 14.7 Å². The number of hydrogen-bond acceptors (Lipinski definition) is 3. The molecule has 1 saturated heterocycles. The average Bonchev–Trinajstić information content (AvgIpc) is 2.55. The maximum absolute atomic E-state index is 12.6. The minimum atomic E-state index is -0.244. The van der Waals surface area contributed by atoms with Crippen LogP contribution < -0.4 is 5.73 Å². The lowest BCUT2D eigenvalue weighted by atomic mass is 9.93. The van der Waals surface area contributed by atoms with E-state index in [0.717, 1.165) is 24.1 Å². The summed E-state index contributed by atoms with van der Waals surface area (Å²) in [5.41, 5.74) is 8.32. The molecule has 1 amide bonds. The minimum Gasteiger partial charge on any atom is -0.329 e. The maximum Gasteiger partial charge on any atom is 0.223 e. The number of rotatable bonds is 1. The highest BCUT2D eigenvalue weighted by molar-refractivity contribution is 5.78. The number of amides is 1. The summed E-state index contributed by atoms with van der Waals surface area (Å²) in [6.45, 7) is 8.25. The summed E-state index contributed by atoms with van der Waals surface area (Å²) in [7, 11) is 1.92. The van der Waals surface area contributed by atoms with Crippen molar-refractivity contribution in [1.29, 1.82) is 0 Å². The Labute approximate surface area is 121 Å². The molecule has 2 heterocycles. The van der Waals surface area contributed by atoms with E-state index in [0.29, 0.717) is 6.42 Å². The molecule has 0 spiro atoms. The first-order valence-electron chi connectivity index (χ1n) is 7.29. The second-order valence-electron chi connectivity index (χ2n) is 6.74. The van der Waals surface area contributed by atoms with E-state index >= 15 is 0 Å². The van der Waals surface area contributed by atoms with Gasteiger partial charge in [0.15, 0.2) is 0 Å². The first-order chi connectivity index (χ1) is 9.23. The SMILES string of the molecule is Cc1c(C2C(N)CCCC(=O)N2C(C)(C)C)cnn1C. The highest BCUT2D eigenvalue weighted by Crippen LogP contribution is 2.36. The van der Waals surface area contributed by atoms with Crippen molar-refractivity contribution in [2.75, 3.05) is 0 Å². The summed E-state index contributed by atoms with van der Waals surface area (Å²) >= 11 is 0. The van der Waals surface area contributed by atoms with Crippen LogP contribution in [-0.4, -0.2) is 32.2 Å². The molecule has 112 valence electrons. The Balaban J connectivity index is 2.52. The lowest BCUT2D eigenvalue weighted by Crippen LogP contribution is -2.51. The monoisotopic (exact) mass is 278 g/mol. The minimum absolute atomic E-state index is 0.0384. The van der Waals surface area contributed by atoms with E-state index in [4.69, 9.17) is 5.73 Å². The number of hydrogen-bond donors (Lipinski definition) is 1. The van der Waals surface area contributed by atoms with Gasteiger partial charge >= 0.3 is 0 Å². The number of carbonyl (C=O) groups excluding carboxylic acids is 1. The van der Waals surface area contributed by atoms with Crippen molar-refractivity contribution >= 4 is 5.91 Å². The van der Waals surface area contributed by atoms with Crippen LogP contribution in [0.25, 0.3) is 0 Å². The number of nitrogens with two attached hydrogens (primary N) is 1. The van der Waals surface area contributed by atoms with Crippen molar-refractivity contribution in [2.45, 2.75) is 64.6 Å². The third-order valence-electron chi connectivity index (χ3n) is 4.20. The van der Waals surface area contributed by atoms with Crippen molar-refractivity contribution in [2.24, 2.45) is 12.8 Å². The quantitative estimate of drug-likeness (QED) is 0.853. The largest absolute Gasteiger partial charge is 0.329 e. The van der Waals surface area contributed by atoms with Crippen molar-refractivity contribution in [3.63, 3.8) is 0 Å². The molecule has 20 heavy (non-hydrogen) atoms. The van der Waals surface area contributed by atoms with Gasteiger partial charge in [-0.2, -0.15) is 5.10 Å². The highest BCUT2D eigenvalue weighted by Gasteiger charge is 2.40. The maximum atomic E-state index is 12.6. The Morgan fingerprint density at radius 2 is 2.05 bits per heavy atom. The molecule has 0 radical (unpaired) electrons. The molecule has 1 aromatic heterocycles. The fourth-order valence-corrected chi connectivity index (χ4v) is 3.08. The molecule has 2 rings (SSSR count). The Morgan fingerprint density at radius 3 is 2.55 bits per heavy atom. The second-order valence-corrected chi connectivity index (χ2v) is 6.74. The molecule has 0 bridgehead atoms. The molecule has 0 aliphatic carbocycles. The van der Waals surface area contributed by atoms with Crippen LogP contribution in [0, 0.1) is 6.92 Å². The first kappa shape index (κ1) is 15.0. The van der Waals surface area contributed by atoms with Gasteiger partial charge in [-0.1, -0.05) is 0 Å². The van der Waals surface area contributed by atoms with E-state index in [1.54, 1.807) is 0 Å². The average molecular weight is 278 g/mol. The van der Waals surface area contributed by atoms with Gasteiger partial charge in [0.1, 0.15) is 0 Å². The predicted molar refractivity (Wildman–Crippen MR) is 79.1 cm³/mol. The Hall–Kier alpha value is -1.36. The van der Waals surface area contributed by atoms with Crippen LogP contribution in [-0.2, 0) is 11.8 Å². The van der Waals surface area contributed by atoms with E-state index in [-0.39, 0.29) is 23.5 Å². The van der Waals surface area contributed by atoms with Gasteiger partial charge in [-0.25, -0.2) is 0 Å². The molecule has 2 unspecified atom stereocenters. The van der Waals surface area contributed by atoms with Crippen LogP contribution in [0.1, 0.15) is 57.3 Å². The zero-order valence-electron chi connectivity index (χ0n) is 13.2. The summed E-state index contributed by atoms with van der Waals surface area (Å²) in [5, 5.41) is 4.32. The number of carbonyl (C=O) groups is 1. The van der Waals surface area contributed by atoms with Crippen LogP contribution in [0.2, 0.25) is 0 Å². The normalized spacial score (nSPS) is 24.9. The van der Waals surface area contributed by atoms with Gasteiger partial charge in [0.05, 0.1) is 12.2 Å². The van der Waals surface area contributed by atoms with E-state index in [1.807, 2.05) is 29.7 Å². The van der Waals surface area contributed by atoms with Crippen molar-refractivity contribution in [3.8, 4) is 0 Å². The molecule has 2 atom stereocenters. The van der Waals surface area contributed by atoms with Gasteiger partial charge in [0.25, 0.3) is 0 Å². The zero-order valence-corrected chi connectivity index (χ0v) is 13.2. The highest BCUT2D eigenvalue weighted by atomic mass is 16.2. The zero-order chi connectivity index (χ0) is 15.1. The molecule has 5 nitrogen and oxygen atoms in total. The van der Waals surface area contributed by atoms with Gasteiger partial charge in [0.2, 0.25) is 5.91 Å². The van der Waals surface area contributed by atoms with Gasteiger partial charge in [0, 0.05) is 36.3 Å². The Morgan fingerprint density at radius 1 is 1.40 bits per heavy atom. The molecule has 5 heteroatoms. The van der Waals surface area contributed by atoms with Gasteiger partial charge < -0.3 is 10.6 Å². The van der Waals surface area contributed by atoms with Crippen LogP contribution in [0.15, 0.2) is 6.20 Å². The molecule has 1 aromatic rings. The Kier molecular flexibility index (Phi) is 3.91. The van der Waals surface area contributed by atoms with Crippen molar-refractivity contribution < 1.29 is 4.79 Å². The molecule has 1 aliphatic heterocycles. The van der Waals surface area contributed by atoms with E-state index < -0.39 is 0 Å². The lowest BCUT2D eigenvalue weighted by molar-refractivity contribution is -0.139. The molecule has 0 saturated carbocycles. The molecular formula is C15H26N4O. The molecule has 2 N–H and O–H groups in total. The van der Waals surface area contributed by atoms with Crippen LogP contribution in [0.5, 0.6) is 0 Å². The predicted octanol–water partition coefficient (Wildman–Crippen LogP) is 1.91. The number of nitrogens with zero attached hydrogens (tertiary/aromatic N) is 3. The van der Waals surface area contributed by atoms with E-state index in [2.05, 4.69) is 25.9 Å². The summed E-state index contributed by atoms with van der Waals surface area (Å²) in [6.07, 6.45) is 4.18. The smallest absolute Gasteiger partial charge is 0.223 e. The van der Waals surface area contributed by atoms with Crippen LogP contribution >= 0.6 is 0 Å². The standard InChI is InChI=1S/C15H26N4O/c1-10-11(9-17-18(10)5)14-12(16)7-6-8-13(20)19(14)15(2,3)4/h9,12,14H,6-8,16H2,1-5H3. The van der Waals surface area contributed by atoms with Crippen LogP contribution in [0.3, 0.4) is 0 Å².